The van der Waals surface area contributed by atoms with Crippen molar-refractivity contribution in [3.05, 3.63) is 64.7 Å². The molecule has 4 rings (SSSR count). The Hall–Kier alpha value is -2.42. The Labute approximate surface area is 135 Å². The van der Waals surface area contributed by atoms with E-state index in [4.69, 9.17) is 4.74 Å². The van der Waals surface area contributed by atoms with Gasteiger partial charge in [0, 0.05) is 22.3 Å². The summed E-state index contributed by atoms with van der Waals surface area (Å²) in [6.45, 7) is 0. The quantitative estimate of drug-likeness (QED) is 0.713. The molecule has 0 spiro atoms. The van der Waals surface area contributed by atoms with Crippen molar-refractivity contribution in [1.82, 2.24) is 0 Å². The zero-order valence-electron chi connectivity index (χ0n) is 12.9. The van der Waals surface area contributed by atoms with Gasteiger partial charge in [-0.1, -0.05) is 30.7 Å². The second kappa shape index (κ2) is 5.65. The fourth-order valence-corrected chi connectivity index (χ4v) is 3.53. The lowest BCUT2D eigenvalue weighted by molar-refractivity contribution is 0.0978. The lowest BCUT2D eigenvalue weighted by Crippen LogP contribution is -2.22. The topological polar surface area (TPSA) is 43.4 Å². The fraction of sp³-hybridized carbons (Fsp3) is 0.300. The lowest BCUT2D eigenvalue weighted by Gasteiger charge is -2.24. The molecule has 0 saturated heterocycles. The van der Waals surface area contributed by atoms with Crippen LogP contribution < -0.4 is 4.74 Å². The molecule has 0 radical (unpaired) electrons. The van der Waals surface area contributed by atoms with Gasteiger partial charge in [0.2, 0.25) is 0 Å². The molecule has 2 aliphatic carbocycles. The van der Waals surface area contributed by atoms with Crippen molar-refractivity contribution in [2.24, 2.45) is 0 Å². The predicted molar refractivity (Wildman–Crippen MR) is 87.3 cm³/mol. The Morgan fingerprint density at radius 3 is 2.04 bits per heavy atom. The van der Waals surface area contributed by atoms with Gasteiger partial charge in [-0.05, 0) is 43.9 Å². The number of carbonyl (C=O) groups is 2. The summed E-state index contributed by atoms with van der Waals surface area (Å²) in [5.41, 5.74) is 1.91. The molecule has 0 N–H and O–H groups in total. The number of benzene rings is 2. The molecular formula is C20H18O3. The second-order valence-electron chi connectivity index (χ2n) is 6.29. The number of fused-ring (bicyclic) bond motifs is 2. The molecule has 0 unspecified atom stereocenters. The Kier molecular flexibility index (Phi) is 3.49. The van der Waals surface area contributed by atoms with Crippen LogP contribution in [0, 0.1) is 0 Å². The normalized spacial score (nSPS) is 17.6. The van der Waals surface area contributed by atoms with Crippen LogP contribution >= 0.6 is 0 Å². The summed E-state index contributed by atoms with van der Waals surface area (Å²) >= 11 is 0. The summed E-state index contributed by atoms with van der Waals surface area (Å²) in [5, 5.41) is 0. The standard InChI is InChI=1S/C20H18O3/c21-19-15-8-4-5-9-16(15)20(22)18-12-14(10-11-17(18)19)23-13-6-2-1-3-7-13/h4-5,8-13H,1-3,6-7H2. The van der Waals surface area contributed by atoms with E-state index in [9.17, 15) is 9.59 Å². The molecule has 0 amide bonds. The highest BCUT2D eigenvalue weighted by atomic mass is 16.5. The Morgan fingerprint density at radius 1 is 0.739 bits per heavy atom. The van der Waals surface area contributed by atoms with Gasteiger partial charge in [0.15, 0.2) is 11.6 Å². The Morgan fingerprint density at radius 2 is 1.35 bits per heavy atom. The van der Waals surface area contributed by atoms with Gasteiger partial charge in [-0.2, -0.15) is 0 Å². The SMILES string of the molecule is O=C1c2ccccc2C(=O)c2cc(OC3CCCCC3)ccc21. The first-order valence-electron chi connectivity index (χ1n) is 8.23. The highest BCUT2D eigenvalue weighted by Crippen LogP contribution is 2.31. The van der Waals surface area contributed by atoms with Crippen LogP contribution in [-0.4, -0.2) is 17.7 Å². The molecule has 2 aliphatic rings. The van der Waals surface area contributed by atoms with Crippen LogP contribution in [0.3, 0.4) is 0 Å². The smallest absolute Gasteiger partial charge is 0.194 e. The summed E-state index contributed by atoms with van der Waals surface area (Å²) in [4.78, 5) is 25.3. The second-order valence-corrected chi connectivity index (χ2v) is 6.29. The van der Waals surface area contributed by atoms with E-state index in [2.05, 4.69) is 0 Å². The van der Waals surface area contributed by atoms with E-state index < -0.39 is 0 Å². The van der Waals surface area contributed by atoms with Crippen molar-refractivity contribution in [1.29, 1.82) is 0 Å². The highest BCUT2D eigenvalue weighted by Gasteiger charge is 2.29. The summed E-state index contributed by atoms with van der Waals surface area (Å²) in [7, 11) is 0. The van der Waals surface area contributed by atoms with E-state index >= 15 is 0 Å². The molecule has 3 heteroatoms. The Bertz CT molecular complexity index is 785. The van der Waals surface area contributed by atoms with Crippen molar-refractivity contribution in [2.75, 3.05) is 0 Å². The third kappa shape index (κ3) is 2.46. The lowest BCUT2D eigenvalue weighted by atomic mass is 9.84. The van der Waals surface area contributed by atoms with E-state index in [0.717, 1.165) is 12.8 Å². The largest absolute Gasteiger partial charge is 0.490 e. The van der Waals surface area contributed by atoms with Crippen LogP contribution in [0.2, 0.25) is 0 Å². The number of hydrogen-bond acceptors (Lipinski definition) is 3. The maximum Gasteiger partial charge on any atom is 0.194 e. The van der Waals surface area contributed by atoms with Gasteiger partial charge >= 0.3 is 0 Å². The monoisotopic (exact) mass is 306 g/mol. The molecule has 0 bridgehead atoms. The minimum Gasteiger partial charge on any atom is -0.490 e. The van der Waals surface area contributed by atoms with Gasteiger partial charge in [-0.3, -0.25) is 9.59 Å². The van der Waals surface area contributed by atoms with Crippen LogP contribution in [0.25, 0.3) is 0 Å². The molecule has 23 heavy (non-hydrogen) atoms. The van der Waals surface area contributed by atoms with E-state index in [-0.39, 0.29) is 17.7 Å². The third-order valence-corrected chi connectivity index (χ3v) is 4.75. The van der Waals surface area contributed by atoms with E-state index in [1.54, 1.807) is 36.4 Å². The van der Waals surface area contributed by atoms with Crippen LogP contribution in [0.5, 0.6) is 5.75 Å². The number of carbonyl (C=O) groups excluding carboxylic acids is 2. The van der Waals surface area contributed by atoms with Crippen LogP contribution in [0.15, 0.2) is 42.5 Å². The van der Waals surface area contributed by atoms with Crippen LogP contribution in [0.4, 0.5) is 0 Å². The van der Waals surface area contributed by atoms with Gasteiger partial charge in [-0.15, -0.1) is 0 Å². The minimum atomic E-state index is -0.0932. The molecular weight excluding hydrogens is 288 g/mol. The molecule has 0 aliphatic heterocycles. The third-order valence-electron chi connectivity index (χ3n) is 4.75. The van der Waals surface area contributed by atoms with E-state index in [0.29, 0.717) is 28.0 Å². The summed E-state index contributed by atoms with van der Waals surface area (Å²) in [5.74, 6) is 0.514. The molecule has 2 aromatic carbocycles. The Balaban J connectivity index is 1.68. The highest BCUT2D eigenvalue weighted by molar-refractivity contribution is 6.28. The first kappa shape index (κ1) is 14.2. The van der Waals surface area contributed by atoms with Crippen molar-refractivity contribution in [3.63, 3.8) is 0 Å². The molecule has 0 aromatic heterocycles. The average Bonchev–Trinajstić information content (AvgIpc) is 2.60. The zero-order valence-corrected chi connectivity index (χ0v) is 12.9. The minimum absolute atomic E-state index is 0.0839. The van der Waals surface area contributed by atoms with Crippen molar-refractivity contribution >= 4 is 11.6 Å². The summed E-state index contributed by atoms with van der Waals surface area (Å²) < 4.78 is 6.03. The first-order chi connectivity index (χ1) is 11.2. The predicted octanol–water partition coefficient (Wildman–Crippen LogP) is 4.17. The van der Waals surface area contributed by atoms with Crippen LogP contribution in [0.1, 0.15) is 63.9 Å². The summed E-state index contributed by atoms with van der Waals surface area (Å²) in [6.07, 6.45) is 6.01. The summed E-state index contributed by atoms with van der Waals surface area (Å²) in [6, 6.07) is 12.3. The van der Waals surface area contributed by atoms with Gasteiger partial charge in [0.25, 0.3) is 0 Å². The first-order valence-corrected chi connectivity index (χ1v) is 8.23. The number of hydrogen-bond donors (Lipinski definition) is 0. The molecule has 3 nitrogen and oxygen atoms in total. The zero-order chi connectivity index (χ0) is 15.8. The number of ether oxygens (including phenoxy) is 1. The molecule has 0 heterocycles. The maximum absolute atomic E-state index is 12.7. The van der Waals surface area contributed by atoms with Gasteiger partial charge in [-0.25, -0.2) is 0 Å². The van der Waals surface area contributed by atoms with Gasteiger partial charge in [0.05, 0.1) is 6.10 Å². The van der Waals surface area contributed by atoms with Gasteiger partial charge < -0.3 is 4.74 Å². The molecule has 1 fully saturated rings. The molecule has 1 saturated carbocycles. The average molecular weight is 306 g/mol. The molecule has 0 atom stereocenters. The van der Waals surface area contributed by atoms with E-state index in [1.807, 2.05) is 6.07 Å². The number of ketones is 2. The van der Waals surface area contributed by atoms with E-state index in [1.165, 1.54) is 19.3 Å². The fourth-order valence-electron chi connectivity index (χ4n) is 3.53. The maximum atomic E-state index is 12.7. The molecule has 116 valence electrons. The molecule has 2 aromatic rings. The van der Waals surface area contributed by atoms with Crippen molar-refractivity contribution in [2.45, 2.75) is 38.2 Å². The number of rotatable bonds is 2. The van der Waals surface area contributed by atoms with Crippen molar-refractivity contribution < 1.29 is 14.3 Å². The van der Waals surface area contributed by atoms with Gasteiger partial charge in [0.1, 0.15) is 5.75 Å². The van der Waals surface area contributed by atoms with Crippen LogP contribution in [-0.2, 0) is 0 Å². The van der Waals surface area contributed by atoms with Crippen molar-refractivity contribution in [3.8, 4) is 5.75 Å².